The Bertz CT molecular complexity index is 674. The number of ether oxygens (including phenoxy) is 2. The van der Waals surface area contributed by atoms with E-state index in [2.05, 4.69) is 5.32 Å². The smallest absolute Gasteiger partial charge is 0.259 e. The van der Waals surface area contributed by atoms with Gasteiger partial charge in [-0.3, -0.25) is 4.79 Å². The number of methoxy groups -OCH3 is 2. The van der Waals surface area contributed by atoms with Crippen LogP contribution in [0.1, 0.15) is 10.4 Å². The van der Waals surface area contributed by atoms with E-state index < -0.39 is 11.7 Å². The fraction of sp³-hybridized carbons (Fsp3) is 0.133. The van der Waals surface area contributed by atoms with Gasteiger partial charge in [0.1, 0.15) is 17.3 Å². The van der Waals surface area contributed by atoms with Crippen molar-refractivity contribution in [1.29, 1.82) is 0 Å². The Labute approximate surface area is 121 Å². The first-order valence-corrected chi connectivity index (χ1v) is 6.13. The molecule has 0 heterocycles. The highest BCUT2D eigenvalue weighted by molar-refractivity contribution is 6.06. The summed E-state index contributed by atoms with van der Waals surface area (Å²) < 4.78 is 23.9. The highest BCUT2D eigenvalue weighted by Crippen LogP contribution is 2.26. The molecule has 110 valence electrons. The monoisotopic (exact) mass is 290 g/mol. The van der Waals surface area contributed by atoms with Crippen LogP contribution in [0.3, 0.4) is 0 Å². The van der Waals surface area contributed by atoms with Crippen molar-refractivity contribution in [3.63, 3.8) is 0 Å². The van der Waals surface area contributed by atoms with Crippen LogP contribution in [0.25, 0.3) is 0 Å². The fourth-order valence-corrected chi connectivity index (χ4v) is 1.81. The zero-order chi connectivity index (χ0) is 15.4. The SMILES string of the molecule is COc1ccc(C(=O)Nc2ccc(N)cc2F)c(OC)c1. The average Bonchev–Trinajstić information content (AvgIpc) is 2.49. The van der Waals surface area contributed by atoms with Crippen LogP contribution < -0.4 is 20.5 Å². The summed E-state index contributed by atoms with van der Waals surface area (Å²) in [6, 6.07) is 8.79. The number of carbonyl (C=O) groups excluding carboxylic acids is 1. The van der Waals surface area contributed by atoms with E-state index in [-0.39, 0.29) is 16.9 Å². The Morgan fingerprint density at radius 3 is 2.52 bits per heavy atom. The molecule has 0 fully saturated rings. The molecule has 0 saturated heterocycles. The Morgan fingerprint density at radius 2 is 1.90 bits per heavy atom. The van der Waals surface area contributed by atoms with Crippen molar-refractivity contribution in [2.24, 2.45) is 0 Å². The van der Waals surface area contributed by atoms with Crippen molar-refractivity contribution in [3.8, 4) is 11.5 Å². The third-order valence-corrected chi connectivity index (χ3v) is 2.89. The molecule has 0 aliphatic rings. The molecule has 0 unspecified atom stereocenters. The molecule has 0 aliphatic heterocycles. The van der Waals surface area contributed by atoms with Gasteiger partial charge >= 0.3 is 0 Å². The van der Waals surface area contributed by atoms with Crippen molar-refractivity contribution >= 4 is 17.3 Å². The van der Waals surface area contributed by atoms with Crippen molar-refractivity contribution in [2.45, 2.75) is 0 Å². The fourth-order valence-electron chi connectivity index (χ4n) is 1.81. The largest absolute Gasteiger partial charge is 0.497 e. The normalized spacial score (nSPS) is 10.0. The summed E-state index contributed by atoms with van der Waals surface area (Å²) in [5.74, 6) is -0.196. The molecular formula is C15H15FN2O3. The first kappa shape index (κ1) is 14.6. The van der Waals surface area contributed by atoms with Crippen molar-refractivity contribution in [3.05, 3.63) is 47.8 Å². The van der Waals surface area contributed by atoms with Gasteiger partial charge in [-0.15, -0.1) is 0 Å². The van der Waals surface area contributed by atoms with E-state index in [1.54, 1.807) is 18.2 Å². The Balaban J connectivity index is 2.28. The number of hydrogen-bond donors (Lipinski definition) is 2. The Kier molecular flexibility index (Phi) is 4.27. The number of rotatable bonds is 4. The van der Waals surface area contributed by atoms with Gasteiger partial charge in [-0.2, -0.15) is 0 Å². The van der Waals surface area contributed by atoms with Crippen LogP contribution >= 0.6 is 0 Å². The average molecular weight is 290 g/mol. The topological polar surface area (TPSA) is 73.6 Å². The zero-order valence-corrected chi connectivity index (χ0v) is 11.6. The predicted molar refractivity (Wildman–Crippen MR) is 78.3 cm³/mol. The number of carbonyl (C=O) groups is 1. The van der Waals surface area contributed by atoms with E-state index in [0.29, 0.717) is 11.5 Å². The lowest BCUT2D eigenvalue weighted by atomic mass is 10.1. The second-order valence-corrected chi connectivity index (χ2v) is 4.26. The van der Waals surface area contributed by atoms with E-state index in [1.807, 2.05) is 0 Å². The minimum absolute atomic E-state index is 0.0482. The van der Waals surface area contributed by atoms with Gasteiger partial charge in [0.05, 0.1) is 25.5 Å². The maximum absolute atomic E-state index is 13.7. The number of halogens is 1. The first-order chi connectivity index (χ1) is 10.0. The summed E-state index contributed by atoms with van der Waals surface area (Å²) in [7, 11) is 2.95. The molecule has 2 aromatic rings. The summed E-state index contributed by atoms with van der Waals surface area (Å²) in [5.41, 5.74) is 6.07. The molecule has 0 aromatic heterocycles. The van der Waals surface area contributed by atoms with Crippen LogP contribution in [-0.2, 0) is 0 Å². The van der Waals surface area contributed by atoms with Gasteiger partial charge in [-0.25, -0.2) is 4.39 Å². The van der Waals surface area contributed by atoms with Crippen LogP contribution in [0.5, 0.6) is 11.5 Å². The molecule has 0 radical (unpaired) electrons. The second kappa shape index (κ2) is 6.13. The molecule has 6 heteroatoms. The molecule has 0 spiro atoms. The van der Waals surface area contributed by atoms with E-state index >= 15 is 0 Å². The molecular weight excluding hydrogens is 275 g/mol. The predicted octanol–water partition coefficient (Wildman–Crippen LogP) is 2.68. The lowest BCUT2D eigenvalue weighted by Crippen LogP contribution is -2.14. The number of nitrogen functional groups attached to an aromatic ring is 1. The lowest BCUT2D eigenvalue weighted by Gasteiger charge is -2.11. The van der Waals surface area contributed by atoms with Gasteiger partial charge in [0, 0.05) is 11.8 Å². The third-order valence-electron chi connectivity index (χ3n) is 2.89. The maximum atomic E-state index is 13.7. The van der Waals surface area contributed by atoms with Crippen LogP contribution in [0, 0.1) is 5.82 Å². The maximum Gasteiger partial charge on any atom is 0.259 e. The molecule has 0 atom stereocenters. The van der Waals surface area contributed by atoms with Crippen LogP contribution in [0.2, 0.25) is 0 Å². The number of amides is 1. The minimum Gasteiger partial charge on any atom is -0.497 e. The molecule has 0 aliphatic carbocycles. The minimum atomic E-state index is -0.601. The van der Waals surface area contributed by atoms with Gasteiger partial charge in [0.25, 0.3) is 5.91 Å². The summed E-state index contributed by atoms with van der Waals surface area (Å²) in [4.78, 5) is 12.2. The van der Waals surface area contributed by atoms with E-state index in [4.69, 9.17) is 15.2 Å². The summed E-state index contributed by atoms with van der Waals surface area (Å²) >= 11 is 0. The zero-order valence-electron chi connectivity index (χ0n) is 11.6. The highest BCUT2D eigenvalue weighted by Gasteiger charge is 2.15. The number of nitrogens with one attached hydrogen (secondary N) is 1. The summed E-state index contributed by atoms with van der Waals surface area (Å²) in [6.45, 7) is 0. The molecule has 2 aromatic carbocycles. The summed E-state index contributed by atoms with van der Waals surface area (Å²) in [6.07, 6.45) is 0. The molecule has 3 N–H and O–H groups in total. The second-order valence-electron chi connectivity index (χ2n) is 4.26. The first-order valence-electron chi connectivity index (χ1n) is 6.13. The molecule has 0 bridgehead atoms. The van der Waals surface area contributed by atoms with E-state index in [0.717, 1.165) is 6.07 Å². The number of anilines is 2. The van der Waals surface area contributed by atoms with Crippen LogP contribution in [-0.4, -0.2) is 20.1 Å². The van der Waals surface area contributed by atoms with E-state index in [9.17, 15) is 9.18 Å². The quantitative estimate of drug-likeness (QED) is 0.849. The third kappa shape index (κ3) is 3.22. The van der Waals surface area contributed by atoms with Crippen molar-refractivity contribution in [2.75, 3.05) is 25.3 Å². The molecule has 1 amide bonds. The van der Waals surface area contributed by atoms with Gasteiger partial charge in [-0.1, -0.05) is 0 Å². The van der Waals surface area contributed by atoms with Crippen molar-refractivity contribution < 1.29 is 18.7 Å². The van der Waals surface area contributed by atoms with Crippen molar-refractivity contribution in [1.82, 2.24) is 0 Å². The number of nitrogens with two attached hydrogens (primary N) is 1. The Hall–Kier alpha value is -2.76. The van der Waals surface area contributed by atoms with Gasteiger partial charge < -0.3 is 20.5 Å². The molecule has 21 heavy (non-hydrogen) atoms. The lowest BCUT2D eigenvalue weighted by molar-refractivity contribution is 0.102. The molecule has 2 rings (SSSR count). The van der Waals surface area contributed by atoms with Crippen LogP contribution in [0.4, 0.5) is 15.8 Å². The summed E-state index contributed by atoms with van der Waals surface area (Å²) in [5, 5.41) is 2.48. The molecule has 0 saturated carbocycles. The number of hydrogen-bond acceptors (Lipinski definition) is 4. The highest BCUT2D eigenvalue weighted by atomic mass is 19.1. The molecule has 5 nitrogen and oxygen atoms in total. The van der Waals surface area contributed by atoms with Gasteiger partial charge in [0.2, 0.25) is 0 Å². The van der Waals surface area contributed by atoms with Gasteiger partial charge in [0.15, 0.2) is 0 Å². The number of benzene rings is 2. The standard InChI is InChI=1S/C15H15FN2O3/c1-20-10-4-5-11(14(8-10)21-2)15(19)18-13-6-3-9(17)7-12(13)16/h3-8H,17H2,1-2H3,(H,18,19). The van der Waals surface area contributed by atoms with E-state index in [1.165, 1.54) is 26.4 Å². The Morgan fingerprint density at radius 1 is 1.14 bits per heavy atom. The van der Waals surface area contributed by atoms with Gasteiger partial charge in [-0.05, 0) is 30.3 Å². The van der Waals surface area contributed by atoms with Crippen LogP contribution in [0.15, 0.2) is 36.4 Å².